The number of amides is 1. The zero-order valence-electron chi connectivity index (χ0n) is 9.66. The van der Waals surface area contributed by atoms with Gasteiger partial charge in [0.15, 0.2) is 6.10 Å². The number of para-hydroxylation sites is 1. The number of nitrogens with one attached hydrogen (secondary N) is 1. The molecule has 0 unspecified atom stereocenters. The predicted octanol–water partition coefficient (Wildman–Crippen LogP) is 2.04. The normalized spacial score (nSPS) is 21.2. The third kappa shape index (κ3) is 1.84. The van der Waals surface area contributed by atoms with Gasteiger partial charge in [0.05, 0.1) is 6.20 Å². The summed E-state index contributed by atoms with van der Waals surface area (Å²) in [6, 6.07) is 7.72. The molecule has 1 N–H and O–H groups in total. The molecule has 0 aliphatic carbocycles. The van der Waals surface area contributed by atoms with Crippen molar-refractivity contribution in [2.24, 2.45) is 0 Å². The van der Waals surface area contributed by atoms with Crippen LogP contribution in [0.5, 0.6) is 5.75 Å². The lowest BCUT2D eigenvalue weighted by Gasteiger charge is -2.13. The number of carbonyl (C=O) groups is 1. The molecule has 6 heteroatoms. The molecule has 0 bridgehead atoms. The number of hydrogen-bond acceptors (Lipinski definition) is 5. The van der Waals surface area contributed by atoms with E-state index in [1.807, 2.05) is 31.2 Å². The smallest absolute Gasteiger partial charge is 0.266 e. The second kappa shape index (κ2) is 4.38. The molecule has 1 aliphatic rings. The molecule has 18 heavy (non-hydrogen) atoms. The van der Waals surface area contributed by atoms with E-state index in [1.54, 1.807) is 0 Å². The Balaban J connectivity index is 1.78. The largest absolute Gasteiger partial charge is 0.480 e. The molecule has 1 aliphatic heterocycles. The van der Waals surface area contributed by atoms with Crippen LogP contribution in [-0.4, -0.2) is 21.6 Å². The van der Waals surface area contributed by atoms with Crippen molar-refractivity contribution in [2.75, 3.05) is 5.32 Å². The molecule has 0 fully saturated rings. The standard InChI is InChI=1S/C12H11N3O2S/c1-7-8-4-2-3-5-9(8)17-11(7)12(16)14-10-6-13-15-18-10/h2-7,11H,1H3,(H,14,16)/t7-,11-/m0/s1. The summed E-state index contributed by atoms with van der Waals surface area (Å²) in [5, 5.41) is 7.06. The lowest BCUT2D eigenvalue weighted by atomic mass is 9.97. The van der Waals surface area contributed by atoms with E-state index >= 15 is 0 Å². The van der Waals surface area contributed by atoms with Crippen LogP contribution in [0.4, 0.5) is 5.00 Å². The van der Waals surface area contributed by atoms with Crippen molar-refractivity contribution >= 4 is 22.4 Å². The van der Waals surface area contributed by atoms with E-state index in [-0.39, 0.29) is 11.8 Å². The maximum absolute atomic E-state index is 12.1. The number of fused-ring (bicyclic) bond motifs is 1. The molecule has 5 nitrogen and oxygen atoms in total. The summed E-state index contributed by atoms with van der Waals surface area (Å²) in [7, 11) is 0. The number of benzene rings is 1. The van der Waals surface area contributed by atoms with Crippen LogP contribution in [0.25, 0.3) is 0 Å². The molecule has 2 heterocycles. The van der Waals surface area contributed by atoms with Crippen LogP contribution in [0.2, 0.25) is 0 Å². The van der Waals surface area contributed by atoms with Gasteiger partial charge in [-0.1, -0.05) is 29.6 Å². The minimum atomic E-state index is -0.496. The maximum Gasteiger partial charge on any atom is 0.266 e. The van der Waals surface area contributed by atoms with Gasteiger partial charge in [-0.05, 0) is 6.07 Å². The van der Waals surface area contributed by atoms with Crippen molar-refractivity contribution in [2.45, 2.75) is 18.9 Å². The van der Waals surface area contributed by atoms with Gasteiger partial charge < -0.3 is 10.1 Å². The third-order valence-electron chi connectivity index (χ3n) is 2.98. The summed E-state index contributed by atoms with van der Waals surface area (Å²) in [6.07, 6.45) is 1.03. The Morgan fingerprint density at radius 3 is 3.00 bits per heavy atom. The lowest BCUT2D eigenvalue weighted by molar-refractivity contribution is -0.122. The molecule has 0 saturated heterocycles. The van der Waals surface area contributed by atoms with Crippen molar-refractivity contribution in [1.82, 2.24) is 9.59 Å². The third-order valence-corrected chi connectivity index (χ3v) is 3.56. The topological polar surface area (TPSA) is 64.1 Å². The quantitative estimate of drug-likeness (QED) is 0.898. The number of anilines is 1. The molecule has 1 aromatic heterocycles. The van der Waals surface area contributed by atoms with Gasteiger partial charge in [0, 0.05) is 23.0 Å². The summed E-state index contributed by atoms with van der Waals surface area (Å²) in [5.41, 5.74) is 1.07. The van der Waals surface area contributed by atoms with Crippen molar-refractivity contribution < 1.29 is 9.53 Å². The number of rotatable bonds is 2. The fourth-order valence-electron chi connectivity index (χ4n) is 2.06. The molecule has 1 amide bonds. The van der Waals surface area contributed by atoms with Crippen LogP contribution < -0.4 is 10.1 Å². The Hall–Kier alpha value is -1.95. The van der Waals surface area contributed by atoms with E-state index in [1.165, 1.54) is 6.20 Å². The van der Waals surface area contributed by atoms with Gasteiger partial charge in [-0.15, -0.1) is 5.10 Å². The number of ether oxygens (including phenoxy) is 1. The molecule has 92 valence electrons. The number of carbonyl (C=O) groups excluding carboxylic acids is 1. The van der Waals surface area contributed by atoms with Gasteiger partial charge in [-0.25, -0.2) is 0 Å². The summed E-state index contributed by atoms with van der Waals surface area (Å²) in [5.74, 6) is 0.666. The molecule has 1 aromatic carbocycles. The first-order chi connectivity index (χ1) is 8.75. The first-order valence-corrected chi connectivity index (χ1v) is 6.37. The molecule has 2 aromatic rings. The van der Waals surface area contributed by atoms with Gasteiger partial charge in [0.1, 0.15) is 10.8 Å². The Morgan fingerprint density at radius 1 is 1.44 bits per heavy atom. The van der Waals surface area contributed by atoms with E-state index < -0.39 is 6.10 Å². The average molecular weight is 261 g/mol. The van der Waals surface area contributed by atoms with Gasteiger partial charge in [-0.3, -0.25) is 4.79 Å². The first-order valence-electron chi connectivity index (χ1n) is 5.59. The number of hydrogen-bond donors (Lipinski definition) is 1. The zero-order chi connectivity index (χ0) is 12.5. The minimum absolute atomic E-state index is 0.0436. The SMILES string of the molecule is C[C@H]1c2ccccc2O[C@@H]1C(=O)Nc1cnns1. The summed E-state index contributed by atoms with van der Waals surface area (Å²) in [6.45, 7) is 1.99. The fraction of sp³-hybridized carbons (Fsp3) is 0.250. The van der Waals surface area contributed by atoms with Crippen LogP contribution in [0.1, 0.15) is 18.4 Å². The molecule has 3 rings (SSSR count). The predicted molar refractivity (Wildman–Crippen MR) is 67.8 cm³/mol. The summed E-state index contributed by atoms with van der Waals surface area (Å²) < 4.78 is 9.38. The van der Waals surface area contributed by atoms with E-state index in [0.717, 1.165) is 22.8 Å². The van der Waals surface area contributed by atoms with Crippen LogP contribution in [-0.2, 0) is 4.79 Å². The fourth-order valence-corrected chi connectivity index (χ4v) is 2.48. The van der Waals surface area contributed by atoms with Crippen molar-refractivity contribution in [3.05, 3.63) is 36.0 Å². The first kappa shape index (κ1) is 11.2. The zero-order valence-corrected chi connectivity index (χ0v) is 10.5. The highest BCUT2D eigenvalue weighted by molar-refractivity contribution is 7.10. The Kier molecular flexibility index (Phi) is 2.71. The van der Waals surface area contributed by atoms with Crippen LogP contribution in [0.3, 0.4) is 0 Å². The highest BCUT2D eigenvalue weighted by Crippen LogP contribution is 2.37. The van der Waals surface area contributed by atoms with Crippen LogP contribution >= 0.6 is 11.5 Å². The van der Waals surface area contributed by atoms with E-state index in [4.69, 9.17) is 4.74 Å². The van der Waals surface area contributed by atoms with Crippen molar-refractivity contribution in [1.29, 1.82) is 0 Å². The van der Waals surface area contributed by atoms with E-state index in [9.17, 15) is 4.79 Å². The van der Waals surface area contributed by atoms with E-state index in [2.05, 4.69) is 14.9 Å². The molecular weight excluding hydrogens is 250 g/mol. The van der Waals surface area contributed by atoms with Crippen molar-refractivity contribution in [3.8, 4) is 5.75 Å². The van der Waals surface area contributed by atoms with Gasteiger partial charge in [-0.2, -0.15) is 0 Å². The Morgan fingerprint density at radius 2 is 2.28 bits per heavy atom. The average Bonchev–Trinajstić information content (AvgIpc) is 2.98. The molecule has 0 radical (unpaired) electrons. The minimum Gasteiger partial charge on any atom is -0.480 e. The molecular formula is C12H11N3O2S. The molecule has 0 spiro atoms. The number of nitrogens with zero attached hydrogens (tertiary/aromatic N) is 2. The highest BCUT2D eigenvalue weighted by atomic mass is 32.1. The van der Waals surface area contributed by atoms with Crippen LogP contribution in [0.15, 0.2) is 30.5 Å². The number of aromatic nitrogens is 2. The lowest BCUT2D eigenvalue weighted by Crippen LogP contribution is -2.33. The molecule has 2 atom stereocenters. The van der Waals surface area contributed by atoms with Crippen LogP contribution in [0, 0.1) is 0 Å². The Labute approximate surface area is 108 Å². The van der Waals surface area contributed by atoms with Gasteiger partial charge in [0.25, 0.3) is 5.91 Å². The van der Waals surface area contributed by atoms with Gasteiger partial charge >= 0.3 is 0 Å². The maximum atomic E-state index is 12.1. The highest BCUT2D eigenvalue weighted by Gasteiger charge is 2.36. The summed E-state index contributed by atoms with van der Waals surface area (Å²) >= 11 is 1.15. The van der Waals surface area contributed by atoms with Gasteiger partial charge in [0.2, 0.25) is 0 Å². The molecule has 0 saturated carbocycles. The van der Waals surface area contributed by atoms with E-state index in [0.29, 0.717) is 5.00 Å². The monoisotopic (exact) mass is 261 g/mol. The Bertz CT molecular complexity index is 570. The second-order valence-electron chi connectivity index (χ2n) is 4.14. The van der Waals surface area contributed by atoms with Crippen molar-refractivity contribution in [3.63, 3.8) is 0 Å². The summed E-state index contributed by atoms with van der Waals surface area (Å²) in [4.78, 5) is 12.1. The second-order valence-corrected chi connectivity index (χ2v) is 4.92.